The summed E-state index contributed by atoms with van der Waals surface area (Å²) in [6.07, 6.45) is 2.51. The van der Waals surface area contributed by atoms with Crippen molar-refractivity contribution in [2.75, 3.05) is 43.4 Å². The van der Waals surface area contributed by atoms with Crippen LogP contribution in [0.1, 0.15) is 15.9 Å². The van der Waals surface area contributed by atoms with E-state index >= 15 is 0 Å². The molecule has 31 heavy (non-hydrogen) atoms. The minimum atomic E-state index is -0.652. The second-order valence-corrected chi connectivity index (χ2v) is 7.78. The first-order chi connectivity index (χ1) is 15.1. The molecule has 5 rings (SSSR count). The van der Waals surface area contributed by atoms with Crippen LogP contribution >= 0.6 is 0 Å². The fourth-order valence-electron chi connectivity index (χ4n) is 4.17. The third kappa shape index (κ3) is 3.70. The van der Waals surface area contributed by atoms with Crippen molar-refractivity contribution in [1.82, 2.24) is 20.6 Å². The number of benzene rings is 1. The van der Waals surface area contributed by atoms with E-state index in [2.05, 4.69) is 25.5 Å². The van der Waals surface area contributed by atoms with Crippen molar-refractivity contribution in [2.45, 2.75) is 6.42 Å². The zero-order chi connectivity index (χ0) is 21.4. The highest BCUT2D eigenvalue weighted by Gasteiger charge is 2.19. The number of anilines is 2. The second kappa shape index (κ2) is 7.96. The van der Waals surface area contributed by atoms with Crippen LogP contribution in [0.25, 0.3) is 22.4 Å². The molecule has 4 N–H and O–H groups in total. The molecule has 1 aromatic carbocycles. The van der Waals surface area contributed by atoms with Gasteiger partial charge in [-0.15, -0.1) is 0 Å². The molecule has 0 unspecified atom stereocenters. The average molecular weight is 418 g/mol. The van der Waals surface area contributed by atoms with Crippen molar-refractivity contribution < 1.29 is 9.18 Å². The van der Waals surface area contributed by atoms with Crippen LogP contribution in [-0.4, -0.2) is 48.6 Å². The number of halogens is 1. The Bertz CT molecular complexity index is 1140. The number of carbonyl (C=O) groups is 1. The number of hydrogen-bond donors (Lipinski definition) is 3. The topological polar surface area (TPSA) is 96.2 Å². The smallest absolute Gasteiger partial charge is 0.251 e. The van der Waals surface area contributed by atoms with Gasteiger partial charge in [0, 0.05) is 43.9 Å². The number of nitrogen functional groups attached to an aromatic ring is 1. The Labute approximate surface area is 179 Å². The van der Waals surface area contributed by atoms with E-state index in [9.17, 15) is 9.18 Å². The maximum atomic E-state index is 14.7. The maximum absolute atomic E-state index is 14.7. The Balaban J connectivity index is 1.50. The minimum absolute atomic E-state index is 0.0764. The molecule has 0 bridgehead atoms. The van der Waals surface area contributed by atoms with Gasteiger partial charge in [0.1, 0.15) is 5.82 Å². The van der Waals surface area contributed by atoms with E-state index in [-0.39, 0.29) is 11.7 Å². The first-order valence-corrected chi connectivity index (χ1v) is 10.4. The van der Waals surface area contributed by atoms with Gasteiger partial charge >= 0.3 is 0 Å². The van der Waals surface area contributed by atoms with Gasteiger partial charge in [0.05, 0.1) is 23.1 Å². The van der Waals surface area contributed by atoms with Crippen LogP contribution in [0, 0.1) is 5.95 Å². The summed E-state index contributed by atoms with van der Waals surface area (Å²) in [5.74, 6) is -0.618. The van der Waals surface area contributed by atoms with Gasteiger partial charge in [-0.05, 0) is 41.8 Å². The van der Waals surface area contributed by atoms with E-state index < -0.39 is 5.95 Å². The third-order valence-corrected chi connectivity index (χ3v) is 5.85. The van der Waals surface area contributed by atoms with Gasteiger partial charge in [-0.1, -0.05) is 12.1 Å². The quantitative estimate of drug-likeness (QED) is 0.565. The highest BCUT2D eigenvalue weighted by atomic mass is 19.1. The highest BCUT2D eigenvalue weighted by Crippen LogP contribution is 2.33. The number of piperazine rings is 1. The van der Waals surface area contributed by atoms with Crippen LogP contribution in [0.2, 0.25) is 0 Å². The van der Waals surface area contributed by atoms with Crippen molar-refractivity contribution in [1.29, 1.82) is 0 Å². The molecule has 0 atom stereocenters. The summed E-state index contributed by atoms with van der Waals surface area (Å²) in [4.78, 5) is 22.7. The van der Waals surface area contributed by atoms with Gasteiger partial charge in [0.2, 0.25) is 5.95 Å². The van der Waals surface area contributed by atoms with Crippen LogP contribution < -0.4 is 21.3 Å². The molecule has 2 aliphatic rings. The second-order valence-electron chi connectivity index (χ2n) is 7.78. The zero-order valence-electron chi connectivity index (χ0n) is 17.0. The van der Waals surface area contributed by atoms with Crippen molar-refractivity contribution in [3.05, 3.63) is 59.7 Å². The van der Waals surface area contributed by atoms with Gasteiger partial charge in [-0.2, -0.15) is 4.39 Å². The predicted molar refractivity (Wildman–Crippen MR) is 118 cm³/mol. The molecular weight excluding hydrogens is 395 g/mol. The first-order valence-electron chi connectivity index (χ1n) is 10.4. The Hall–Kier alpha value is -3.52. The van der Waals surface area contributed by atoms with Crippen LogP contribution in [-0.2, 0) is 6.42 Å². The molecule has 8 heteroatoms. The largest absolute Gasteiger partial charge is 0.383 e. The Kier molecular flexibility index (Phi) is 4.99. The number of carbonyl (C=O) groups excluding carboxylic acids is 1. The Morgan fingerprint density at radius 3 is 2.61 bits per heavy atom. The molecule has 0 spiro atoms. The number of pyridine rings is 2. The fraction of sp³-hybridized carbons (Fsp3) is 0.261. The van der Waals surface area contributed by atoms with Crippen molar-refractivity contribution in [2.24, 2.45) is 0 Å². The summed E-state index contributed by atoms with van der Waals surface area (Å²) in [5, 5.41) is 6.16. The number of fused-ring (bicyclic) bond motifs is 1. The van der Waals surface area contributed by atoms with Gasteiger partial charge in [0.25, 0.3) is 5.91 Å². The predicted octanol–water partition coefficient (Wildman–Crippen LogP) is 2.23. The van der Waals surface area contributed by atoms with Crippen LogP contribution in [0.15, 0.2) is 42.6 Å². The normalized spacial score (nSPS) is 16.0. The number of amides is 1. The van der Waals surface area contributed by atoms with E-state index in [1.807, 2.05) is 24.3 Å². The van der Waals surface area contributed by atoms with E-state index in [0.717, 1.165) is 49.4 Å². The molecule has 0 aliphatic carbocycles. The van der Waals surface area contributed by atoms with E-state index in [0.29, 0.717) is 28.9 Å². The summed E-state index contributed by atoms with van der Waals surface area (Å²) in [5.41, 5.74) is 10.9. The molecule has 3 aromatic rings. The lowest BCUT2D eigenvalue weighted by Crippen LogP contribution is -2.43. The number of nitrogens with two attached hydrogens (primary N) is 1. The number of nitrogens with one attached hydrogen (secondary N) is 2. The number of hydrogen-bond acceptors (Lipinski definition) is 6. The monoisotopic (exact) mass is 418 g/mol. The third-order valence-electron chi connectivity index (χ3n) is 5.85. The zero-order valence-corrected chi connectivity index (χ0v) is 17.0. The molecule has 0 radical (unpaired) electrons. The van der Waals surface area contributed by atoms with Gasteiger partial charge in [-0.3, -0.25) is 9.78 Å². The van der Waals surface area contributed by atoms with Crippen LogP contribution in [0.3, 0.4) is 0 Å². The summed E-state index contributed by atoms with van der Waals surface area (Å²) in [6, 6.07) is 11.0. The average Bonchev–Trinajstić information content (AvgIpc) is 2.80. The van der Waals surface area contributed by atoms with Crippen molar-refractivity contribution >= 4 is 17.4 Å². The molecule has 1 saturated heterocycles. The molecule has 1 fully saturated rings. The van der Waals surface area contributed by atoms with Crippen molar-refractivity contribution in [3.8, 4) is 22.4 Å². The highest BCUT2D eigenvalue weighted by molar-refractivity contribution is 5.97. The molecule has 1 amide bonds. The standard InChI is InChI=1S/C23H23FN6O/c24-21-19(20-4-2-16(13-28-20)30-9-7-26-8-10-30)12-18(22(25)29-21)14-1-3-17-15(11-14)5-6-27-23(17)31/h1-4,11-13,26H,5-10H2,(H2,25,29)(H,27,31). The molecule has 2 aromatic heterocycles. The van der Waals surface area contributed by atoms with Crippen LogP contribution in [0.5, 0.6) is 0 Å². The molecule has 158 valence electrons. The summed E-state index contributed by atoms with van der Waals surface area (Å²) in [6.45, 7) is 4.30. The lowest BCUT2D eigenvalue weighted by atomic mass is 9.94. The Morgan fingerprint density at radius 2 is 1.84 bits per heavy atom. The minimum Gasteiger partial charge on any atom is -0.383 e. The summed E-state index contributed by atoms with van der Waals surface area (Å²) < 4.78 is 14.7. The SMILES string of the molecule is Nc1nc(F)c(-c2ccc(N3CCNCC3)cn2)cc1-c1ccc2c(c1)CCNC2=O. The first kappa shape index (κ1) is 19.4. The number of nitrogens with zero attached hydrogens (tertiary/aromatic N) is 3. The lowest BCUT2D eigenvalue weighted by Gasteiger charge is -2.29. The van der Waals surface area contributed by atoms with Crippen molar-refractivity contribution in [3.63, 3.8) is 0 Å². The van der Waals surface area contributed by atoms with E-state index in [1.165, 1.54) is 0 Å². The number of rotatable bonds is 3. The van der Waals surface area contributed by atoms with E-state index in [4.69, 9.17) is 5.73 Å². The maximum Gasteiger partial charge on any atom is 0.251 e. The molecule has 2 aliphatic heterocycles. The van der Waals surface area contributed by atoms with Crippen LogP contribution in [0.4, 0.5) is 15.9 Å². The van der Waals surface area contributed by atoms with Gasteiger partial charge in [-0.25, -0.2) is 4.98 Å². The molecule has 7 nitrogen and oxygen atoms in total. The molecule has 4 heterocycles. The lowest BCUT2D eigenvalue weighted by molar-refractivity contribution is 0.0946. The Morgan fingerprint density at radius 1 is 1.00 bits per heavy atom. The molecule has 0 saturated carbocycles. The van der Waals surface area contributed by atoms with E-state index in [1.54, 1.807) is 18.3 Å². The summed E-state index contributed by atoms with van der Waals surface area (Å²) >= 11 is 0. The summed E-state index contributed by atoms with van der Waals surface area (Å²) in [7, 11) is 0. The van der Waals surface area contributed by atoms with Gasteiger partial charge < -0.3 is 21.3 Å². The molecular formula is C23H23FN6O. The number of aromatic nitrogens is 2. The fourth-order valence-corrected chi connectivity index (χ4v) is 4.17. The van der Waals surface area contributed by atoms with Gasteiger partial charge in [0.15, 0.2) is 0 Å².